The number of rotatable bonds is 4. The van der Waals surface area contributed by atoms with Crippen molar-refractivity contribution in [2.24, 2.45) is 5.92 Å². The molecule has 2 aliphatic rings. The van der Waals surface area contributed by atoms with Crippen LogP contribution in [0, 0.1) is 5.92 Å². The standard InChI is InChI=1S/C17H20O4S/c1-20-16(19)15-13(18)10-17(9-5-8-14(15)21-17)11-22-12-6-3-2-4-7-12/h2-4,6-7,14-15H,5,8-11H2,1H3/t14-,15?,17+/m1/s1. The predicted octanol–water partition coefficient (Wildman–Crippen LogP) is 2.85. The zero-order chi connectivity index (χ0) is 15.6. The maximum Gasteiger partial charge on any atom is 0.318 e. The van der Waals surface area contributed by atoms with Crippen LogP contribution in [0.5, 0.6) is 0 Å². The minimum absolute atomic E-state index is 0.0311. The molecule has 22 heavy (non-hydrogen) atoms. The van der Waals surface area contributed by atoms with Crippen molar-refractivity contribution in [2.75, 3.05) is 12.9 Å². The van der Waals surface area contributed by atoms with E-state index in [2.05, 4.69) is 12.1 Å². The number of hydrogen-bond acceptors (Lipinski definition) is 5. The molecule has 0 aromatic heterocycles. The third kappa shape index (κ3) is 3.06. The minimum Gasteiger partial charge on any atom is -0.468 e. The van der Waals surface area contributed by atoms with Crippen LogP contribution in [0.3, 0.4) is 0 Å². The maximum atomic E-state index is 12.4. The molecule has 0 aliphatic carbocycles. The van der Waals surface area contributed by atoms with Gasteiger partial charge in [0.15, 0.2) is 5.78 Å². The van der Waals surface area contributed by atoms with Gasteiger partial charge in [0.2, 0.25) is 0 Å². The fraction of sp³-hybridized carbons (Fsp3) is 0.529. The Morgan fingerprint density at radius 3 is 2.91 bits per heavy atom. The molecule has 0 saturated carbocycles. The van der Waals surface area contributed by atoms with Crippen molar-refractivity contribution in [1.29, 1.82) is 0 Å². The second-order valence-corrected chi connectivity index (χ2v) is 7.03. The Hall–Kier alpha value is -1.33. The van der Waals surface area contributed by atoms with Crippen molar-refractivity contribution in [3.8, 4) is 0 Å². The Morgan fingerprint density at radius 2 is 2.18 bits per heavy atom. The number of hydrogen-bond donors (Lipinski definition) is 0. The molecule has 0 radical (unpaired) electrons. The lowest BCUT2D eigenvalue weighted by atomic mass is 9.76. The number of carbonyl (C=O) groups excluding carboxylic acids is 2. The van der Waals surface area contributed by atoms with E-state index in [-0.39, 0.29) is 11.9 Å². The Morgan fingerprint density at radius 1 is 1.41 bits per heavy atom. The molecular weight excluding hydrogens is 300 g/mol. The molecular formula is C17H20O4S. The normalized spacial score (nSPS) is 30.9. The van der Waals surface area contributed by atoms with E-state index in [0.29, 0.717) is 6.42 Å². The van der Waals surface area contributed by atoms with Crippen molar-refractivity contribution in [2.45, 2.75) is 42.3 Å². The van der Waals surface area contributed by atoms with Gasteiger partial charge in [0, 0.05) is 17.1 Å². The van der Waals surface area contributed by atoms with Gasteiger partial charge in [-0.2, -0.15) is 0 Å². The summed E-state index contributed by atoms with van der Waals surface area (Å²) in [5, 5.41) is 0. The van der Waals surface area contributed by atoms with Gasteiger partial charge in [0.05, 0.1) is 18.8 Å². The summed E-state index contributed by atoms with van der Waals surface area (Å²) in [6.45, 7) is 0. The van der Waals surface area contributed by atoms with E-state index in [0.717, 1.165) is 25.0 Å². The monoisotopic (exact) mass is 320 g/mol. The van der Waals surface area contributed by atoms with Gasteiger partial charge in [-0.05, 0) is 31.4 Å². The van der Waals surface area contributed by atoms with E-state index >= 15 is 0 Å². The molecule has 4 nitrogen and oxygen atoms in total. The molecule has 2 bridgehead atoms. The van der Waals surface area contributed by atoms with E-state index in [1.807, 2.05) is 18.2 Å². The van der Waals surface area contributed by atoms with E-state index in [9.17, 15) is 9.59 Å². The summed E-state index contributed by atoms with van der Waals surface area (Å²) in [7, 11) is 1.32. The van der Waals surface area contributed by atoms with Crippen molar-refractivity contribution in [3.05, 3.63) is 30.3 Å². The van der Waals surface area contributed by atoms with Crippen molar-refractivity contribution in [3.63, 3.8) is 0 Å². The molecule has 5 heteroatoms. The first kappa shape index (κ1) is 15.6. The third-order valence-corrected chi connectivity index (χ3v) is 5.71. The van der Waals surface area contributed by atoms with Gasteiger partial charge in [0.1, 0.15) is 5.92 Å². The molecule has 2 heterocycles. The van der Waals surface area contributed by atoms with E-state index in [4.69, 9.17) is 9.47 Å². The van der Waals surface area contributed by atoms with Crippen LogP contribution in [-0.2, 0) is 19.1 Å². The summed E-state index contributed by atoms with van der Waals surface area (Å²) in [6, 6.07) is 10.1. The summed E-state index contributed by atoms with van der Waals surface area (Å²) in [6.07, 6.45) is 2.61. The number of esters is 1. The first-order valence-corrected chi connectivity index (χ1v) is 8.58. The predicted molar refractivity (Wildman–Crippen MR) is 83.8 cm³/mol. The van der Waals surface area contributed by atoms with Crippen molar-refractivity contribution in [1.82, 2.24) is 0 Å². The molecule has 0 amide bonds. The quantitative estimate of drug-likeness (QED) is 0.485. The number of methoxy groups -OCH3 is 1. The van der Waals surface area contributed by atoms with Crippen LogP contribution in [0.4, 0.5) is 0 Å². The third-order valence-electron chi connectivity index (χ3n) is 4.44. The van der Waals surface area contributed by atoms with Crippen molar-refractivity contribution >= 4 is 23.5 Å². The summed E-state index contributed by atoms with van der Waals surface area (Å²) < 4.78 is 11.0. The van der Waals surface area contributed by atoms with Crippen LogP contribution >= 0.6 is 11.8 Å². The van der Waals surface area contributed by atoms with Crippen LogP contribution in [0.25, 0.3) is 0 Å². The van der Waals surface area contributed by atoms with Crippen molar-refractivity contribution < 1.29 is 19.1 Å². The number of fused-ring (bicyclic) bond motifs is 2. The molecule has 0 N–H and O–H groups in total. The first-order chi connectivity index (χ1) is 10.6. The number of ether oxygens (including phenoxy) is 2. The maximum absolute atomic E-state index is 12.4. The number of Topliss-reactive ketones (excluding diaryl/α,β-unsaturated/α-hetero) is 1. The number of carbonyl (C=O) groups is 2. The number of ketones is 1. The van der Waals surface area contributed by atoms with E-state index in [1.165, 1.54) is 12.0 Å². The fourth-order valence-corrected chi connectivity index (χ4v) is 4.46. The van der Waals surface area contributed by atoms with Crippen LogP contribution in [0.1, 0.15) is 25.7 Å². The molecule has 118 valence electrons. The summed E-state index contributed by atoms with van der Waals surface area (Å²) in [5.74, 6) is -0.481. The molecule has 3 atom stereocenters. The highest BCUT2D eigenvalue weighted by Crippen LogP contribution is 2.43. The Kier molecular flexibility index (Phi) is 4.54. The molecule has 1 aromatic rings. The van der Waals surface area contributed by atoms with Gasteiger partial charge in [-0.25, -0.2) is 0 Å². The van der Waals surface area contributed by atoms with Gasteiger partial charge in [0.25, 0.3) is 0 Å². The molecule has 2 fully saturated rings. The summed E-state index contributed by atoms with van der Waals surface area (Å²) in [4.78, 5) is 25.4. The Labute approximate surface area is 134 Å². The zero-order valence-corrected chi connectivity index (χ0v) is 13.4. The van der Waals surface area contributed by atoms with E-state index in [1.54, 1.807) is 11.8 Å². The largest absolute Gasteiger partial charge is 0.468 e. The fourth-order valence-electron chi connectivity index (χ4n) is 3.36. The van der Waals surface area contributed by atoms with Gasteiger partial charge in [-0.1, -0.05) is 18.2 Å². The van der Waals surface area contributed by atoms with Crippen LogP contribution in [0.15, 0.2) is 35.2 Å². The number of benzene rings is 1. The summed E-state index contributed by atoms with van der Waals surface area (Å²) in [5.41, 5.74) is -0.426. The van der Waals surface area contributed by atoms with E-state index < -0.39 is 17.5 Å². The second-order valence-electron chi connectivity index (χ2n) is 5.98. The van der Waals surface area contributed by atoms with Crippen LogP contribution in [0.2, 0.25) is 0 Å². The molecule has 3 rings (SSSR count). The van der Waals surface area contributed by atoms with Crippen LogP contribution in [-0.4, -0.2) is 36.3 Å². The smallest absolute Gasteiger partial charge is 0.318 e. The van der Waals surface area contributed by atoms with Gasteiger partial charge >= 0.3 is 5.97 Å². The molecule has 0 spiro atoms. The highest BCUT2D eigenvalue weighted by Gasteiger charge is 2.51. The summed E-state index contributed by atoms with van der Waals surface area (Å²) >= 11 is 1.71. The molecule has 2 aliphatic heterocycles. The first-order valence-electron chi connectivity index (χ1n) is 7.60. The van der Waals surface area contributed by atoms with Gasteiger partial charge in [-0.3, -0.25) is 9.59 Å². The van der Waals surface area contributed by atoms with Gasteiger partial charge in [-0.15, -0.1) is 11.8 Å². The Balaban J connectivity index is 1.72. The molecule has 1 aromatic carbocycles. The lowest BCUT2D eigenvalue weighted by Gasteiger charge is -2.47. The lowest BCUT2D eigenvalue weighted by Crippen LogP contribution is -2.56. The SMILES string of the molecule is COC(=O)C1C(=O)C[C@]2(CSc3ccccc3)CCC[C@H]1O2. The Bertz CT molecular complexity index is 559. The number of thioether (sulfide) groups is 1. The topological polar surface area (TPSA) is 52.6 Å². The van der Waals surface area contributed by atoms with Gasteiger partial charge < -0.3 is 9.47 Å². The van der Waals surface area contributed by atoms with Crippen LogP contribution < -0.4 is 0 Å². The average Bonchev–Trinajstić information content (AvgIpc) is 2.53. The molecule has 1 unspecified atom stereocenters. The lowest BCUT2D eigenvalue weighted by molar-refractivity contribution is -0.190. The minimum atomic E-state index is -0.736. The average molecular weight is 320 g/mol. The highest BCUT2D eigenvalue weighted by atomic mass is 32.2. The highest BCUT2D eigenvalue weighted by molar-refractivity contribution is 7.99. The molecule has 2 saturated heterocycles. The zero-order valence-electron chi connectivity index (χ0n) is 12.6. The second kappa shape index (κ2) is 6.42.